The Morgan fingerprint density at radius 2 is 2.03 bits per heavy atom. The number of hydrogen-bond donors (Lipinski definition) is 3. The largest absolute Gasteiger partial charge is 0.367 e. The maximum Gasteiger partial charge on any atom is 0.251 e. The molecule has 9 heteroatoms. The Balaban J connectivity index is 1.54. The number of hydrazone groups is 1. The summed E-state index contributed by atoms with van der Waals surface area (Å²) in [6.45, 7) is 2.25. The van der Waals surface area contributed by atoms with Crippen molar-refractivity contribution in [3.05, 3.63) is 69.2 Å². The van der Waals surface area contributed by atoms with E-state index in [2.05, 4.69) is 21.2 Å². The summed E-state index contributed by atoms with van der Waals surface area (Å²) >= 11 is 12.3. The quantitative estimate of drug-likeness (QED) is 0.639. The highest BCUT2D eigenvalue weighted by Gasteiger charge is 2.35. The first kappa shape index (κ1) is 21.8. The van der Waals surface area contributed by atoms with Crippen LogP contribution < -0.4 is 16.1 Å². The Kier molecular flexibility index (Phi) is 6.57. The first-order chi connectivity index (χ1) is 15.0. The molecule has 31 heavy (non-hydrogen) atoms. The van der Waals surface area contributed by atoms with E-state index in [1.165, 1.54) is 0 Å². The molecule has 0 spiro atoms. The molecule has 2 aliphatic rings. The van der Waals surface area contributed by atoms with Crippen molar-refractivity contribution in [2.24, 2.45) is 5.10 Å². The van der Waals surface area contributed by atoms with E-state index >= 15 is 0 Å². The number of carbonyl (C=O) groups is 2. The average molecular weight is 461 g/mol. The van der Waals surface area contributed by atoms with E-state index in [1.54, 1.807) is 30.3 Å². The second-order valence-electron chi connectivity index (χ2n) is 7.51. The smallest absolute Gasteiger partial charge is 0.251 e. The molecule has 2 heterocycles. The zero-order valence-corrected chi connectivity index (χ0v) is 18.2. The molecular weight excluding hydrogens is 439 g/mol. The number of nitrogens with one attached hydrogen (secondary N) is 3. The number of benzene rings is 2. The number of amides is 2. The molecule has 1 atom stereocenters. The van der Waals surface area contributed by atoms with E-state index in [9.17, 15) is 9.59 Å². The second kappa shape index (κ2) is 9.36. The van der Waals surface area contributed by atoms with Gasteiger partial charge in [-0.2, -0.15) is 5.10 Å². The highest BCUT2D eigenvalue weighted by atomic mass is 35.5. The van der Waals surface area contributed by atoms with E-state index in [0.717, 1.165) is 24.2 Å². The molecule has 7 nitrogen and oxygen atoms in total. The third-order valence-electron chi connectivity index (χ3n) is 5.44. The van der Waals surface area contributed by atoms with Crippen molar-refractivity contribution in [1.29, 1.82) is 0 Å². The maximum atomic E-state index is 12.9. The number of hydrogen-bond acceptors (Lipinski definition) is 5. The number of halogens is 2. The topological polar surface area (TPSA) is 91.8 Å². The summed E-state index contributed by atoms with van der Waals surface area (Å²) in [4.78, 5) is 24.4. The van der Waals surface area contributed by atoms with Crippen LogP contribution in [0.15, 0.2) is 47.6 Å². The minimum Gasteiger partial charge on any atom is -0.367 e. The molecule has 2 amide bonds. The Morgan fingerprint density at radius 3 is 2.81 bits per heavy atom. The van der Waals surface area contributed by atoms with Gasteiger partial charge >= 0.3 is 0 Å². The van der Waals surface area contributed by atoms with Crippen LogP contribution in [0.1, 0.15) is 34.3 Å². The van der Waals surface area contributed by atoms with Crippen LogP contribution in [0.3, 0.4) is 0 Å². The van der Waals surface area contributed by atoms with Crippen LogP contribution in [-0.2, 0) is 15.1 Å². The van der Waals surface area contributed by atoms with Crippen LogP contribution in [0.4, 0.5) is 0 Å². The van der Waals surface area contributed by atoms with Gasteiger partial charge < -0.3 is 15.4 Å². The predicted molar refractivity (Wildman–Crippen MR) is 120 cm³/mol. The van der Waals surface area contributed by atoms with Gasteiger partial charge in [0.1, 0.15) is 5.60 Å². The molecule has 2 aromatic rings. The molecule has 3 N–H and O–H groups in total. The third-order valence-corrected chi connectivity index (χ3v) is 6.18. The van der Waals surface area contributed by atoms with E-state index in [-0.39, 0.29) is 24.8 Å². The van der Waals surface area contributed by atoms with E-state index in [1.807, 2.05) is 12.1 Å². The number of carbonyl (C=O) groups excluding carboxylic acids is 2. The summed E-state index contributed by atoms with van der Waals surface area (Å²) in [5.74, 6) is -0.396. The Bertz CT molecular complexity index is 1030. The molecule has 0 aromatic heterocycles. The van der Waals surface area contributed by atoms with Crippen LogP contribution in [0.5, 0.6) is 0 Å². The highest BCUT2D eigenvalue weighted by molar-refractivity contribution is 6.42. The first-order valence-electron chi connectivity index (χ1n) is 10.0. The Hall–Kier alpha value is -2.45. The summed E-state index contributed by atoms with van der Waals surface area (Å²) in [6, 6.07) is 12.5. The van der Waals surface area contributed by atoms with Crippen molar-refractivity contribution in [3.63, 3.8) is 0 Å². The standard InChI is InChI=1S/C22H22Cl2N4O3/c23-17-5-4-16(11-18(17)24)22(6-7-25-8-9-31-22)13-26-21(30)15-3-1-2-14(10-15)19-12-20(29)28-27-19/h1-5,10-11,25H,6-9,12-13H2,(H,26,30)(H,28,29)/t22-/m1/s1. The Morgan fingerprint density at radius 1 is 1.16 bits per heavy atom. The summed E-state index contributed by atoms with van der Waals surface area (Å²) in [5.41, 5.74) is 4.40. The maximum absolute atomic E-state index is 12.9. The molecule has 162 valence electrons. The van der Waals surface area contributed by atoms with Crippen LogP contribution in [0.25, 0.3) is 0 Å². The second-order valence-corrected chi connectivity index (χ2v) is 8.32. The monoisotopic (exact) mass is 460 g/mol. The average Bonchev–Trinajstić information content (AvgIpc) is 3.07. The molecule has 0 aliphatic carbocycles. The van der Waals surface area contributed by atoms with Gasteiger partial charge in [0.2, 0.25) is 5.91 Å². The van der Waals surface area contributed by atoms with Crippen molar-refractivity contribution in [2.45, 2.75) is 18.4 Å². The summed E-state index contributed by atoms with van der Waals surface area (Å²) in [6.07, 6.45) is 0.863. The van der Waals surface area contributed by atoms with E-state index in [4.69, 9.17) is 27.9 Å². The molecule has 0 radical (unpaired) electrons. The lowest BCUT2D eigenvalue weighted by Gasteiger charge is -2.33. The summed E-state index contributed by atoms with van der Waals surface area (Å²) < 4.78 is 6.23. The zero-order chi connectivity index (χ0) is 21.8. The van der Waals surface area contributed by atoms with Crippen LogP contribution in [-0.4, -0.2) is 43.8 Å². The molecule has 0 bridgehead atoms. The normalized spacial score (nSPS) is 21.2. The third kappa shape index (κ3) is 4.91. The molecule has 1 saturated heterocycles. The molecule has 0 saturated carbocycles. The van der Waals surface area contributed by atoms with Gasteiger partial charge in [0.25, 0.3) is 5.91 Å². The van der Waals surface area contributed by atoms with Crippen molar-refractivity contribution in [1.82, 2.24) is 16.1 Å². The van der Waals surface area contributed by atoms with E-state index < -0.39 is 5.60 Å². The Labute approximate surface area is 190 Å². The molecule has 4 rings (SSSR count). The van der Waals surface area contributed by atoms with Gasteiger partial charge in [-0.1, -0.05) is 41.4 Å². The van der Waals surface area contributed by atoms with Gasteiger partial charge in [-0.05, 0) is 48.4 Å². The zero-order valence-electron chi connectivity index (χ0n) is 16.7. The minimum atomic E-state index is -0.725. The van der Waals surface area contributed by atoms with Gasteiger partial charge in [0, 0.05) is 12.1 Å². The van der Waals surface area contributed by atoms with E-state index in [0.29, 0.717) is 34.3 Å². The van der Waals surface area contributed by atoms with Crippen molar-refractivity contribution < 1.29 is 14.3 Å². The number of rotatable bonds is 5. The predicted octanol–water partition coefficient (Wildman–Crippen LogP) is 2.85. The van der Waals surface area contributed by atoms with Gasteiger partial charge in [0.05, 0.1) is 35.3 Å². The molecule has 2 aromatic carbocycles. The lowest BCUT2D eigenvalue weighted by atomic mass is 9.89. The fourth-order valence-electron chi connectivity index (χ4n) is 3.75. The number of ether oxygens (including phenoxy) is 1. The van der Waals surface area contributed by atoms with Crippen LogP contribution >= 0.6 is 23.2 Å². The SMILES string of the molecule is O=C1CC(c2cccc(C(=O)NC[C@@]3(c4ccc(Cl)c(Cl)c4)CCNCCO3)c2)=NN1. The summed E-state index contributed by atoms with van der Waals surface area (Å²) in [5, 5.41) is 11.3. The van der Waals surface area contributed by atoms with Crippen molar-refractivity contribution in [2.75, 3.05) is 26.2 Å². The fraction of sp³-hybridized carbons (Fsp3) is 0.318. The first-order valence-corrected chi connectivity index (χ1v) is 10.8. The van der Waals surface area contributed by atoms with Gasteiger partial charge in [0.15, 0.2) is 0 Å². The lowest BCUT2D eigenvalue weighted by Crippen LogP contribution is -2.43. The van der Waals surface area contributed by atoms with Crippen LogP contribution in [0.2, 0.25) is 10.0 Å². The minimum absolute atomic E-state index is 0.160. The molecular formula is C22H22Cl2N4O3. The van der Waals surface area contributed by atoms with Gasteiger partial charge in [-0.3, -0.25) is 9.59 Å². The van der Waals surface area contributed by atoms with Gasteiger partial charge in [-0.25, -0.2) is 5.43 Å². The van der Waals surface area contributed by atoms with Gasteiger partial charge in [-0.15, -0.1) is 0 Å². The lowest BCUT2D eigenvalue weighted by molar-refractivity contribution is -0.119. The highest BCUT2D eigenvalue weighted by Crippen LogP contribution is 2.34. The molecule has 1 fully saturated rings. The molecule has 0 unspecified atom stereocenters. The van der Waals surface area contributed by atoms with Crippen LogP contribution in [0, 0.1) is 0 Å². The van der Waals surface area contributed by atoms with Crippen molar-refractivity contribution in [3.8, 4) is 0 Å². The molecule has 2 aliphatic heterocycles. The van der Waals surface area contributed by atoms with Crippen molar-refractivity contribution >= 4 is 40.7 Å². The number of nitrogens with zero attached hydrogens (tertiary/aromatic N) is 1. The fourth-order valence-corrected chi connectivity index (χ4v) is 4.05. The summed E-state index contributed by atoms with van der Waals surface area (Å²) in [7, 11) is 0.